The molecule has 0 aromatic heterocycles. The van der Waals surface area contributed by atoms with E-state index in [1.807, 2.05) is 128 Å². The fourth-order valence-electron chi connectivity index (χ4n) is 5.53. The van der Waals surface area contributed by atoms with Crippen LogP contribution in [-0.2, 0) is 28.2 Å². The lowest BCUT2D eigenvalue weighted by Gasteiger charge is -2.34. The van der Waals surface area contributed by atoms with Gasteiger partial charge in [0.15, 0.2) is 5.60 Å². The number of hydroxylamine groups is 1. The van der Waals surface area contributed by atoms with Crippen LogP contribution in [-0.4, -0.2) is 29.3 Å². The lowest BCUT2D eigenvalue weighted by atomic mass is 9.80. The van der Waals surface area contributed by atoms with Gasteiger partial charge < -0.3 is 9.83 Å². The molecular formula is C39H39BN2O3. The van der Waals surface area contributed by atoms with Crippen molar-refractivity contribution in [2.75, 3.05) is 6.54 Å². The van der Waals surface area contributed by atoms with Gasteiger partial charge in [-0.15, -0.1) is 0 Å². The highest BCUT2D eigenvalue weighted by Gasteiger charge is 2.38. The fourth-order valence-corrected chi connectivity index (χ4v) is 5.53. The number of hydrogen-bond donors (Lipinski definition) is 2. The van der Waals surface area contributed by atoms with Crippen LogP contribution in [0.1, 0.15) is 39.8 Å². The van der Waals surface area contributed by atoms with Gasteiger partial charge in [0, 0.05) is 12.6 Å². The molecule has 45 heavy (non-hydrogen) atoms. The van der Waals surface area contributed by atoms with Gasteiger partial charge in [0.2, 0.25) is 0 Å². The van der Waals surface area contributed by atoms with Crippen molar-refractivity contribution in [1.29, 1.82) is 0 Å². The lowest BCUT2D eigenvalue weighted by Crippen LogP contribution is -2.40. The molecule has 0 saturated heterocycles. The molecule has 0 radical (unpaired) electrons. The summed E-state index contributed by atoms with van der Waals surface area (Å²) < 4.78 is 0. The third-order valence-electron chi connectivity index (χ3n) is 7.92. The molecule has 0 spiro atoms. The van der Waals surface area contributed by atoms with Gasteiger partial charge in [0.05, 0.1) is 0 Å². The van der Waals surface area contributed by atoms with Gasteiger partial charge in [-0.3, -0.25) is 9.63 Å². The Balaban J connectivity index is 1.24. The van der Waals surface area contributed by atoms with Crippen molar-refractivity contribution in [2.24, 2.45) is 0 Å². The van der Waals surface area contributed by atoms with E-state index in [2.05, 4.69) is 34.6 Å². The largest absolute Gasteiger partial charge is 0.437 e. The standard InChI is InChI=1S/C39H39BN2O3/c1-40(44)42(30-14-17-32-15-6-2-7-16-32)31-34-26-24-33(25-27-34)28-29-38(43)41-45-39(35-18-8-3-9-19-35,36-20-10-4-11-21-36)37-22-12-5-13-23-37/h2-13,15-16,18-29,44H,14,17,30-31H2,1H3,(H,41,43)/b29-28+. The van der Waals surface area contributed by atoms with Gasteiger partial charge in [-0.25, -0.2) is 5.48 Å². The van der Waals surface area contributed by atoms with E-state index in [9.17, 15) is 9.82 Å². The molecule has 0 fully saturated rings. The molecule has 0 atom stereocenters. The van der Waals surface area contributed by atoms with Crippen LogP contribution >= 0.6 is 0 Å². The second-order valence-corrected chi connectivity index (χ2v) is 11.1. The van der Waals surface area contributed by atoms with Crippen molar-refractivity contribution < 1.29 is 14.7 Å². The number of carbonyl (C=O) groups excluding carboxylic acids is 1. The number of amides is 1. The van der Waals surface area contributed by atoms with E-state index in [-0.39, 0.29) is 5.91 Å². The topological polar surface area (TPSA) is 61.8 Å². The number of carbonyl (C=O) groups is 1. The van der Waals surface area contributed by atoms with Crippen LogP contribution in [0.5, 0.6) is 0 Å². The summed E-state index contributed by atoms with van der Waals surface area (Å²) in [5, 5.41) is 10.4. The number of aryl methyl sites for hydroxylation is 1. The van der Waals surface area contributed by atoms with Gasteiger partial charge in [0.1, 0.15) is 0 Å². The average molecular weight is 595 g/mol. The van der Waals surface area contributed by atoms with Gasteiger partial charge in [0.25, 0.3) is 5.91 Å². The zero-order valence-electron chi connectivity index (χ0n) is 25.6. The Morgan fingerprint density at radius 2 is 1.22 bits per heavy atom. The van der Waals surface area contributed by atoms with E-state index in [0.717, 1.165) is 47.2 Å². The monoisotopic (exact) mass is 594 g/mol. The molecule has 0 bridgehead atoms. The maximum absolute atomic E-state index is 13.1. The molecule has 0 aliphatic rings. The summed E-state index contributed by atoms with van der Waals surface area (Å²) in [6.07, 6.45) is 5.19. The Morgan fingerprint density at radius 1 is 0.733 bits per heavy atom. The SMILES string of the molecule is CB(O)N(CCCc1ccccc1)Cc1ccc(/C=C/C(=O)NOC(c2ccccc2)(c2ccccc2)c2ccccc2)cc1. The van der Waals surface area contributed by atoms with Crippen molar-refractivity contribution in [2.45, 2.75) is 31.8 Å². The van der Waals surface area contributed by atoms with E-state index >= 15 is 0 Å². The molecule has 5 nitrogen and oxygen atoms in total. The predicted octanol–water partition coefficient (Wildman–Crippen LogP) is 7.28. The normalized spacial score (nSPS) is 11.5. The van der Waals surface area contributed by atoms with Crippen LogP contribution in [0.15, 0.2) is 152 Å². The van der Waals surface area contributed by atoms with Crippen molar-refractivity contribution >= 4 is 19.0 Å². The second kappa shape index (κ2) is 15.8. The Bertz CT molecular complexity index is 1530. The molecule has 0 saturated carbocycles. The molecule has 5 aromatic carbocycles. The van der Waals surface area contributed by atoms with E-state index < -0.39 is 12.7 Å². The molecule has 5 rings (SSSR count). The first-order chi connectivity index (χ1) is 22.0. The summed E-state index contributed by atoms with van der Waals surface area (Å²) in [5.41, 5.74) is 7.64. The van der Waals surface area contributed by atoms with Gasteiger partial charge in [-0.05, 0) is 65.7 Å². The number of rotatable bonds is 14. The molecule has 6 heteroatoms. The summed E-state index contributed by atoms with van der Waals surface area (Å²) in [7, 11) is -0.543. The summed E-state index contributed by atoms with van der Waals surface area (Å²) >= 11 is 0. The van der Waals surface area contributed by atoms with Crippen molar-refractivity contribution in [3.8, 4) is 0 Å². The third kappa shape index (κ3) is 8.46. The molecule has 226 valence electrons. The van der Waals surface area contributed by atoms with Crippen LogP contribution in [0.25, 0.3) is 6.08 Å². The second-order valence-electron chi connectivity index (χ2n) is 11.1. The highest BCUT2D eigenvalue weighted by molar-refractivity contribution is 6.45. The molecule has 0 aliphatic carbocycles. The van der Waals surface area contributed by atoms with Gasteiger partial charge in [-0.1, -0.05) is 146 Å². The Kier molecular flexibility index (Phi) is 11.1. The summed E-state index contributed by atoms with van der Waals surface area (Å²) in [6.45, 7) is 3.25. The summed E-state index contributed by atoms with van der Waals surface area (Å²) in [5.74, 6) is -0.370. The Morgan fingerprint density at radius 3 is 1.71 bits per heavy atom. The first-order valence-corrected chi connectivity index (χ1v) is 15.4. The van der Waals surface area contributed by atoms with E-state index in [4.69, 9.17) is 4.84 Å². The highest BCUT2D eigenvalue weighted by Crippen LogP contribution is 2.39. The van der Waals surface area contributed by atoms with Gasteiger partial charge >= 0.3 is 7.05 Å². The number of benzene rings is 5. The minimum atomic E-state index is -1.05. The maximum Gasteiger partial charge on any atom is 0.376 e. The van der Waals surface area contributed by atoms with Crippen LogP contribution in [0, 0.1) is 0 Å². The van der Waals surface area contributed by atoms with Crippen LogP contribution in [0.4, 0.5) is 0 Å². The summed E-state index contributed by atoms with van der Waals surface area (Å²) in [6, 6.07) is 48.2. The lowest BCUT2D eigenvalue weighted by molar-refractivity contribution is -0.138. The molecule has 1 amide bonds. The summed E-state index contributed by atoms with van der Waals surface area (Å²) in [4.78, 5) is 21.6. The van der Waals surface area contributed by atoms with Gasteiger partial charge in [-0.2, -0.15) is 0 Å². The van der Waals surface area contributed by atoms with E-state index in [0.29, 0.717) is 6.54 Å². The third-order valence-corrected chi connectivity index (χ3v) is 7.92. The number of hydrogen-bond acceptors (Lipinski definition) is 4. The predicted molar refractivity (Wildman–Crippen MR) is 183 cm³/mol. The van der Waals surface area contributed by atoms with E-state index in [1.165, 1.54) is 11.6 Å². The van der Waals surface area contributed by atoms with Crippen LogP contribution in [0.2, 0.25) is 6.82 Å². The van der Waals surface area contributed by atoms with Crippen LogP contribution in [0.3, 0.4) is 0 Å². The molecule has 2 N–H and O–H groups in total. The smallest absolute Gasteiger partial charge is 0.376 e. The number of nitrogens with zero attached hydrogens (tertiary/aromatic N) is 1. The van der Waals surface area contributed by atoms with Crippen molar-refractivity contribution in [3.63, 3.8) is 0 Å². The minimum absolute atomic E-state index is 0.370. The molecule has 0 unspecified atom stereocenters. The molecule has 0 heterocycles. The zero-order valence-corrected chi connectivity index (χ0v) is 25.6. The van der Waals surface area contributed by atoms with Crippen molar-refractivity contribution in [3.05, 3.63) is 185 Å². The first-order valence-electron chi connectivity index (χ1n) is 15.4. The average Bonchev–Trinajstić information content (AvgIpc) is 3.09. The molecule has 5 aromatic rings. The maximum atomic E-state index is 13.1. The number of nitrogens with one attached hydrogen (secondary N) is 1. The zero-order chi connectivity index (χ0) is 31.3. The van der Waals surface area contributed by atoms with Crippen LogP contribution < -0.4 is 5.48 Å². The Labute approximate surface area is 266 Å². The fraction of sp³-hybridized carbons (Fsp3) is 0.154. The quantitative estimate of drug-likeness (QED) is 0.0614. The highest BCUT2D eigenvalue weighted by atomic mass is 16.7. The van der Waals surface area contributed by atoms with Crippen molar-refractivity contribution in [1.82, 2.24) is 10.3 Å². The molecule has 0 aliphatic heterocycles. The molecular weight excluding hydrogens is 555 g/mol. The Hall–Kier alpha value is -4.75. The van der Waals surface area contributed by atoms with E-state index in [1.54, 1.807) is 6.08 Å². The minimum Gasteiger partial charge on any atom is -0.437 e. The first kappa shape index (κ1) is 31.7.